The molecule has 104 valence electrons. The lowest BCUT2D eigenvalue weighted by Crippen LogP contribution is -1.86. The Morgan fingerprint density at radius 3 is 1.71 bits per heavy atom. The summed E-state index contributed by atoms with van der Waals surface area (Å²) in [6.07, 6.45) is 0. The lowest BCUT2D eigenvalue weighted by atomic mass is 9.97. The summed E-state index contributed by atoms with van der Waals surface area (Å²) in [6, 6.07) is 21.8. The third-order valence-corrected chi connectivity index (χ3v) is 3.77. The average Bonchev–Trinajstić information content (AvgIpc) is 2.48. The van der Waals surface area contributed by atoms with E-state index in [1.807, 2.05) is 13.0 Å². The van der Waals surface area contributed by atoms with Crippen LogP contribution >= 0.6 is 0 Å². The SMILES string of the molecule is Cc1ccc(-c2ccc(-c3ccc(F)cc3C)cc2)cc1. The number of rotatable bonds is 2. The van der Waals surface area contributed by atoms with E-state index in [4.69, 9.17) is 0 Å². The Morgan fingerprint density at radius 1 is 0.619 bits per heavy atom. The molecule has 0 N–H and O–H groups in total. The van der Waals surface area contributed by atoms with E-state index in [-0.39, 0.29) is 5.82 Å². The van der Waals surface area contributed by atoms with Crippen LogP contribution in [0.1, 0.15) is 11.1 Å². The monoisotopic (exact) mass is 276 g/mol. The van der Waals surface area contributed by atoms with Crippen molar-refractivity contribution in [1.82, 2.24) is 0 Å². The van der Waals surface area contributed by atoms with Crippen molar-refractivity contribution in [1.29, 1.82) is 0 Å². The molecule has 0 saturated heterocycles. The van der Waals surface area contributed by atoms with Gasteiger partial charge in [-0.1, -0.05) is 60.2 Å². The predicted octanol–water partition coefficient (Wildman–Crippen LogP) is 5.78. The van der Waals surface area contributed by atoms with Gasteiger partial charge in [-0.25, -0.2) is 4.39 Å². The second-order valence-corrected chi connectivity index (χ2v) is 5.40. The molecule has 1 heteroatoms. The Morgan fingerprint density at radius 2 is 1.14 bits per heavy atom. The molecule has 0 aliphatic rings. The van der Waals surface area contributed by atoms with Crippen molar-refractivity contribution < 1.29 is 4.39 Å². The number of aryl methyl sites for hydroxylation is 2. The van der Waals surface area contributed by atoms with Gasteiger partial charge < -0.3 is 0 Å². The molecule has 0 atom stereocenters. The molecule has 0 radical (unpaired) electrons. The number of benzene rings is 3. The Hall–Kier alpha value is -2.41. The maximum absolute atomic E-state index is 13.2. The van der Waals surface area contributed by atoms with Gasteiger partial charge in [-0.05, 0) is 53.8 Å². The van der Waals surface area contributed by atoms with Crippen molar-refractivity contribution in [2.24, 2.45) is 0 Å². The predicted molar refractivity (Wildman–Crippen MR) is 86.7 cm³/mol. The van der Waals surface area contributed by atoms with Crippen molar-refractivity contribution in [3.05, 3.63) is 83.7 Å². The van der Waals surface area contributed by atoms with Crippen molar-refractivity contribution in [3.8, 4) is 22.3 Å². The van der Waals surface area contributed by atoms with Gasteiger partial charge in [0.1, 0.15) is 5.82 Å². The molecular weight excluding hydrogens is 259 g/mol. The highest BCUT2D eigenvalue weighted by Crippen LogP contribution is 2.27. The Balaban J connectivity index is 1.95. The highest BCUT2D eigenvalue weighted by Gasteiger charge is 2.04. The van der Waals surface area contributed by atoms with E-state index in [9.17, 15) is 4.39 Å². The van der Waals surface area contributed by atoms with E-state index in [2.05, 4.69) is 55.5 Å². The normalized spacial score (nSPS) is 10.6. The molecule has 0 unspecified atom stereocenters. The molecule has 0 bridgehead atoms. The van der Waals surface area contributed by atoms with Crippen LogP contribution in [0.4, 0.5) is 4.39 Å². The zero-order valence-corrected chi connectivity index (χ0v) is 12.2. The first-order chi connectivity index (χ1) is 10.1. The van der Waals surface area contributed by atoms with Crippen molar-refractivity contribution in [2.45, 2.75) is 13.8 Å². The van der Waals surface area contributed by atoms with Gasteiger partial charge in [0.05, 0.1) is 0 Å². The van der Waals surface area contributed by atoms with E-state index in [0.717, 1.165) is 16.7 Å². The van der Waals surface area contributed by atoms with E-state index in [0.29, 0.717) is 0 Å². The summed E-state index contributed by atoms with van der Waals surface area (Å²) >= 11 is 0. The Bertz CT molecular complexity index is 753. The molecule has 0 fully saturated rings. The van der Waals surface area contributed by atoms with Crippen molar-refractivity contribution in [2.75, 3.05) is 0 Å². The van der Waals surface area contributed by atoms with Gasteiger partial charge in [0.25, 0.3) is 0 Å². The van der Waals surface area contributed by atoms with Crippen LogP contribution in [0.15, 0.2) is 66.7 Å². The zero-order chi connectivity index (χ0) is 14.8. The second-order valence-electron chi connectivity index (χ2n) is 5.40. The van der Waals surface area contributed by atoms with E-state index >= 15 is 0 Å². The third kappa shape index (κ3) is 2.87. The molecular formula is C20H17F. The molecule has 0 amide bonds. The quantitative estimate of drug-likeness (QED) is 0.557. The highest BCUT2D eigenvalue weighted by molar-refractivity contribution is 5.72. The van der Waals surface area contributed by atoms with Crippen LogP contribution in [0.3, 0.4) is 0 Å². The van der Waals surface area contributed by atoms with Crippen LogP contribution in [0.2, 0.25) is 0 Å². The van der Waals surface area contributed by atoms with Crippen LogP contribution in [-0.4, -0.2) is 0 Å². The Kier molecular flexibility index (Phi) is 3.57. The first kappa shape index (κ1) is 13.6. The summed E-state index contributed by atoms with van der Waals surface area (Å²) in [6.45, 7) is 4.02. The van der Waals surface area contributed by atoms with Crippen LogP contribution in [0.25, 0.3) is 22.3 Å². The zero-order valence-electron chi connectivity index (χ0n) is 12.2. The molecule has 0 aromatic heterocycles. The van der Waals surface area contributed by atoms with Gasteiger partial charge in [0.15, 0.2) is 0 Å². The van der Waals surface area contributed by atoms with Crippen LogP contribution in [0.5, 0.6) is 0 Å². The maximum atomic E-state index is 13.2. The average molecular weight is 276 g/mol. The van der Waals surface area contributed by atoms with Crippen LogP contribution < -0.4 is 0 Å². The summed E-state index contributed by atoms with van der Waals surface area (Å²) in [5.41, 5.74) is 6.81. The minimum absolute atomic E-state index is 0.187. The summed E-state index contributed by atoms with van der Waals surface area (Å²) in [7, 11) is 0. The molecule has 0 aliphatic carbocycles. The first-order valence-electron chi connectivity index (χ1n) is 7.07. The highest BCUT2D eigenvalue weighted by atomic mass is 19.1. The number of halogens is 1. The maximum Gasteiger partial charge on any atom is 0.123 e. The number of hydrogen-bond donors (Lipinski definition) is 0. The van der Waals surface area contributed by atoms with Crippen LogP contribution in [-0.2, 0) is 0 Å². The molecule has 3 aromatic rings. The fourth-order valence-corrected chi connectivity index (χ4v) is 2.54. The summed E-state index contributed by atoms with van der Waals surface area (Å²) in [4.78, 5) is 0. The fraction of sp³-hybridized carbons (Fsp3) is 0.100. The second kappa shape index (κ2) is 5.53. The molecule has 0 aliphatic heterocycles. The molecule has 21 heavy (non-hydrogen) atoms. The van der Waals surface area contributed by atoms with Gasteiger partial charge in [-0.3, -0.25) is 0 Å². The summed E-state index contributed by atoms with van der Waals surface area (Å²) in [5, 5.41) is 0. The number of hydrogen-bond acceptors (Lipinski definition) is 0. The summed E-state index contributed by atoms with van der Waals surface area (Å²) in [5.74, 6) is -0.187. The Labute approximate surface area is 124 Å². The minimum atomic E-state index is -0.187. The first-order valence-corrected chi connectivity index (χ1v) is 7.07. The molecule has 3 aromatic carbocycles. The minimum Gasteiger partial charge on any atom is -0.207 e. The van der Waals surface area contributed by atoms with Gasteiger partial charge >= 0.3 is 0 Å². The molecule has 0 heterocycles. The lowest BCUT2D eigenvalue weighted by Gasteiger charge is -2.08. The molecule has 0 saturated carbocycles. The van der Waals surface area contributed by atoms with Crippen LogP contribution in [0, 0.1) is 19.7 Å². The molecule has 3 rings (SSSR count). The van der Waals surface area contributed by atoms with Gasteiger partial charge in [0.2, 0.25) is 0 Å². The van der Waals surface area contributed by atoms with Crippen molar-refractivity contribution >= 4 is 0 Å². The van der Waals surface area contributed by atoms with Crippen molar-refractivity contribution in [3.63, 3.8) is 0 Å². The lowest BCUT2D eigenvalue weighted by molar-refractivity contribution is 0.627. The fourth-order valence-electron chi connectivity index (χ4n) is 2.54. The standard InChI is InChI=1S/C20H17F/c1-14-3-5-16(6-4-14)17-7-9-18(10-8-17)20-12-11-19(21)13-15(20)2/h3-13H,1-2H3. The largest absolute Gasteiger partial charge is 0.207 e. The van der Waals surface area contributed by atoms with Gasteiger partial charge in [-0.2, -0.15) is 0 Å². The molecule has 0 spiro atoms. The van der Waals surface area contributed by atoms with E-state index < -0.39 is 0 Å². The van der Waals surface area contributed by atoms with Gasteiger partial charge in [-0.15, -0.1) is 0 Å². The van der Waals surface area contributed by atoms with E-state index in [1.165, 1.54) is 22.8 Å². The summed E-state index contributed by atoms with van der Waals surface area (Å²) < 4.78 is 13.2. The van der Waals surface area contributed by atoms with E-state index in [1.54, 1.807) is 6.07 Å². The van der Waals surface area contributed by atoms with Gasteiger partial charge in [0, 0.05) is 0 Å². The third-order valence-electron chi connectivity index (χ3n) is 3.77. The smallest absolute Gasteiger partial charge is 0.123 e. The topological polar surface area (TPSA) is 0 Å². The molecule has 0 nitrogen and oxygen atoms in total.